The van der Waals surface area contributed by atoms with Crippen molar-refractivity contribution in [3.05, 3.63) is 24.3 Å². The monoisotopic (exact) mass is 351 g/mol. The molecule has 1 atom stereocenters. The first-order valence-corrected chi connectivity index (χ1v) is 10.3. The van der Waals surface area contributed by atoms with Crippen LogP contribution in [0.5, 0.6) is 5.75 Å². The van der Waals surface area contributed by atoms with Crippen LogP contribution in [0.25, 0.3) is 0 Å². The van der Waals surface area contributed by atoms with Gasteiger partial charge in [-0.15, -0.1) is 0 Å². The minimum atomic E-state index is -2.89. The highest BCUT2D eigenvalue weighted by Crippen LogP contribution is 2.60. The Balaban J connectivity index is 1.64. The lowest BCUT2D eigenvalue weighted by Crippen LogP contribution is -2.32. The van der Waals surface area contributed by atoms with Gasteiger partial charge in [-0.1, -0.05) is 0 Å². The van der Waals surface area contributed by atoms with Crippen LogP contribution >= 0.6 is 0 Å². The molecule has 1 saturated carbocycles. The molecular weight excluding hydrogens is 326 g/mol. The van der Waals surface area contributed by atoms with Gasteiger partial charge >= 0.3 is 0 Å². The highest BCUT2D eigenvalue weighted by atomic mass is 32.2. The van der Waals surface area contributed by atoms with Crippen molar-refractivity contribution in [1.29, 1.82) is 0 Å². The van der Waals surface area contributed by atoms with Crippen LogP contribution in [-0.2, 0) is 14.6 Å². The van der Waals surface area contributed by atoms with E-state index in [-0.39, 0.29) is 34.8 Å². The number of anilines is 1. The van der Waals surface area contributed by atoms with Gasteiger partial charge in [-0.3, -0.25) is 4.79 Å². The van der Waals surface area contributed by atoms with Crippen molar-refractivity contribution in [3.8, 4) is 5.75 Å². The molecule has 2 fully saturated rings. The number of ether oxygens (including phenoxy) is 1. The van der Waals surface area contributed by atoms with Gasteiger partial charge in [-0.25, -0.2) is 8.42 Å². The molecule has 6 heteroatoms. The lowest BCUT2D eigenvalue weighted by Gasteiger charge is -2.24. The number of hydrogen-bond donors (Lipinski definition) is 0. The summed E-state index contributed by atoms with van der Waals surface area (Å²) in [7, 11) is -1.10. The molecule has 24 heavy (non-hydrogen) atoms. The van der Waals surface area contributed by atoms with Crippen molar-refractivity contribution in [1.82, 2.24) is 0 Å². The van der Waals surface area contributed by atoms with E-state index in [1.54, 1.807) is 11.9 Å². The van der Waals surface area contributed by atoms with Crippen LogP contribution in [-0.4, -0.2) is 39.0 Å². The Morgan fingerprint density at radius 3 is 2.33 bits per heavy atom. The topological polar surface area (TPSA) is 63.7 Å². The first-order valence-electron chi connectivity index (χ1n) is 8.47. The van der Waals surface area contributed by atoms with E-state index in [4.69, 9.17) is 4.74 Å². The van der Waals surface area contributed by atoms with Gasteiger partial charge in [0.25, 0.3) is 0 Å². The third-order valence-corrected chi connectivity index (χ3v) is 6.89. The van der Waals surface area contributed by atoms with Crippen molar-refractivity contribution in [2.24, 2.45) is 11.3 Å². The maximum absolute atomic E-state index is 12.7. The molecule has 1 aromatic rings. The summed E-state index contributed by atoms with van der Waals surface area (Å²) >= 11 is 0. The molecule has 1 aliphatic heterocycles. The minimum Gasteiger partial charge on any atom is -0.491 e. The number of amides is 1. The zero-order valence-corrected chi connectivity index (χ0v) is 15.3. The van der Waals surface area contributed by atoms with Crippen LogP contribution in [0.3, 0.4) is 0 Å². The molecular formula is C18H25NO4S. The van der Waals surface area contributed by atoms with Crippen molar-refractivity contribution < 1.29 is 17.9 Å². The molecule has 132 valence electrons. The van der Waals surface area contributed by atoms with Crippen LogP contribution < -0.4 is 9.64 Å². The summed E-state index contributed by atoms with van der Waals surface area (Å²) in [6.07, 6.45) is 2.19. The zero-order valence-electron chi connectivity index (χ0n) is 14.5. The van der Waals surface area contributed by atoms with Crippen molar-refractivity contribution in [2.75, 3.05) is 23.5 Å². The van der Waals surface area contributed by atoms with Gasteiger partial charge < -0.3 is 9.64 Å². The van der Waals surface area contributed by atoms with Crippen LogP contribution in [0.15, 0.2) is 24.3 Å². The Morgan fingerprint density at radius 2 is 1.79 bits per heavy atom. The normalized spacial score (nSPS) is 23.9. The van der Waals surface area contributed by atoms with Gasteiger partial charge in [0.1, 0.15) is 15.6 Å². The average molecular weight is 351 g/mol. The Hall–Kier alpha value is -1.56. The third-order valence-electron chi connectivity index (χ3n) is 5.24. The fraction of sp³-hybridized carbons (Fsp3) is 0.611. The standard InChI is InChI=1S/C18H25NO4S/c1-13(2)23-15-6-4-14(5-7-15)19(3)17(20)16-12-18(16)8-10-24(21,22)11-9-18/h4-7,13,16H,8-12H2,1-3H3. The summed E-state index contributed by atoms with van der Waals surface area (Å²) in [4.78, 5) is 14.4. The van der Waals surface area contributed by atoms with E-state index in [1.807, 2.05) is 38.1 Å². The van der Waals surface area contributed by atoms with E-state index in [1.165, 1.54) is 0 Å². The number of rotatable bonds is 4. The number of carbonyl (C=O) groups is 1. The molecule has 1 heterocycles. The Morgan fingerprint density at radius 1 is 1.21 bits per heavy atom. The average Bonchev–Trinajstić information content (AvgIpc) is 3.24. The maximum atomic E-state index is 12.7. The molecule has 1 amide bonds. The molecule has 1 aromatic carbocycles. The number of hydrogen-bond acceptors (Lipinski definition) is 4. The first kappa shape index (κ1) is 17.3. The first-order chi connectivity index (χ1) is 11.2. The van der Waals surface area contributed by atoms with E-state index in [0.717, 1.165) is 17.9 Å². The summed E-state index contributed by atoms with van der Waals surface area (Å²) in [6, 6.07) is 7.51. The van der Waals surface area contributed by atoms with Gasteiger partial charge in [0.15, 0.2) is 0 Å². The van der Waals surface area contributed by atoms with Gasteiger partial charge in [-0.05, 0) is 62.8 Å². The highest BCUT2D eigenvalue weighted by molar-refractivity contribution is 7.91. The predicted molar refractivity (Wildman–Crippen MR) is 94.0 cm³/mol. The molecule has 1 aliphatic carbocycles. The van der Waals surface area contributed by atoms with E-state index in [0.29, 0.717) is 12.8 Å². The largest absolute Gasteiger partial charge is 0.491 e. The number of benzene rings is 1. The maximum Gasteiger partial charge on any atom is 0.230 e. The smallest absolute Gasteiger partial charge is 0.230 e. The molecule has 1 unspecified atom stereocenters. The molecule has 3 rings (SSSR count). The SMILES string of the molecule is CC(C)Oc1ccc(N(C)C(=O)C2CC23CCS(=O)(=O)CC3)cc1. The van der Waals surface area contributed by atoms with E-state index in [2.05, 4.69) is 0 Å². The Bertz CT molecular complexity index is 710. The summed E-state index contributed by atoms with van der Waals surface area (Å²) in [6.45, 7) is 3.95. The fourth-order valence-electron chi connectivity index (χ4n) is 3.58. The summed E-state index contributed by atoms with van der Waals surface area (Å²) < 4.78 is 28.8. The molecule has 0 N–H and O–H groups in total. The molecule has 0 aromatic heterocycles. The second kappa shape index (κ2) is 6.06. The Labute approximate surface area is 143 Å². The van der Waals surface area contributed by atoms with Gasteiger partial charge in [0.2, 0.25) is 5.91 Å². The number of sulfone groups is 1. The highest BCUT2D eigenvalue weighted by Gasteiger charge is 2.60. The molecule has 1 spiro atoms. The molecule has 2 aliphatic rings. The van der Waals surface area contributed by atoms with Crippen LogP contribution in [0.1, 0.15) is 33.1 Å². The lowest BCUT2D eigenvalue weighted by molar-refractivity contribution is -0.120. The summed E-state index contributed by atoms with van der Waals surface area (Å²) in [5.74, 6) is 1.29. The predicted octanol–water partition coefficient (Wildman–Crippen LogP) is 2.65. The van der Waals surface area contributed by atoms with Crippen LogP contribution in [0, 0.1) is 11.3 Å². The van der Waals surface area contributed by atoms with Crippen LogP contribution in [0.4, 0.5) is 5.69 Å². The zero-order chi connectivity index (χ0) is 17.5. The second-order valence-corrected chi connectivity index (χ2v) is 9.63. The summed E-state index contributed by atoms with van der Waals surface area (Å²) in [5.41, 5.74) is 0.763. The fourth-order valence-corrected chi connectivity index (χ4v) is 5.21. The van der Waals surface area contributed by atoms with E-state index < -0.39 is 9.84 Å². The molecule has 0 bridgehead atoms. The number of nitrogens with zero attached hydrogens (tertiary/aromatic N) is 1. The van der Waals surface area contributed by atoms with E-state index >= 15 is 0 Å². The molecule has 1 saturated heterocycles. The summed E-state index contributed by atoms with van der Waals surface area (Å²) in [5, 5.41) is 0. The van der Waals surface area contributed by atoms with Gasteiger partial charge in [0.05, 0.1) is 17.6 Å². The van der Waals surface area contributed by atoms with Crippen LogP contribution in [0.2, 0.25) is 0 Å². The quantitative estimate of drug-likeness (QED) is 0.836. The van der Waals surface area contributed by atoms with E-state index in [9.17, 15) is 13.2 Å². The third kappa shape index (κ3) is 3.43. The van der Waals surface area contributed by atoms with Crippen molar-refractivity contribution in [3.63, 3.8) is 0 Å². The molecule has 0 radical (unpaired) electrons. The Kier molecular flexibility index (Phi) is 4.36. The van der Waals surface area contributed by atoms with Gasteiger partial charge in [-0.2, -0.15) is 0 Å². The minimum absolute atomic E-state index is 0.0374. The van der Waals surface area contributed by atoms with Crippen molar-refractivity contribution >= 4 is 21.4 Å². The van der Waals surface area contributed by atoms with Crippen molar-refractivity contribution in [2.45, 2.75) is 39.2 Å². The van der Waals surface area contributed by atoms with Gasteiger partial charge in [0, 0.05) is 18.7 Å². The second-order valence-electron chi connectivity index (χ2n) is 7.33. The number of carbonyl (C=O) groups excluding carboxylic acids is 1. The molecule has 5 nitrogen and oxygen atoms in total. The lowest BCUT2D eigenvalue weighted by atomic mass is 9.96.